The Labute approximate surface area is 102 Å². The zero-order chi connectivity index (χ0) is 12.7. The first-order valence-corrected chi connectivity index (χ1v) is 5.87. The van der Waals surface area contributed by atoms with Crippen LogP contribution in [0.1, 0.15) is 30.0 Å². The standard InChI is InChI=1S/C12H20N2O3/c1-3-14(5-6-16-4-2)12(15)10-7-11(8-13)17-9-10/h7,9H,3-6,8,13H2,1-2H3. The minimum atomic E-state index is -0.0457. The number of carbonyl (C=O) groups excluding carboxylic acids is 1. The van der Waals surface area contributed by atoms with Gasteiger partial charge in [0.2, 0.25) is 0 Å². The van der Waals surface area contributed by atoms with Crippen molar-refractivity contribution >= 4 is 5.91 Å². The number of likely N-dealkylation sites (N-methyl/N-ethyl adjacent to an activating group) is 1. The van der Waals surface area contributed by atoms with Gasteiger partial charge in [-0.3, -0.25) is 4.79 Å². The van der Waals surface area contributed by atoms with E-state index < -0.39 is 0 Å². The summed E-state index contributed by atoms with van der Waals surface area (Å²) in [5.41, 5.74) is 5.98. The molecule has 1 aromatic rings. The Bertz CT molecular complexity index is 349. The first-order valence-electron chi connectivity index (χ1n) is 5.87. The summed E-state index contributed by atoms with van der Waals surface area (Å²) in [5.74, 6) is 0.574. The van der Waals surface area contributed by atoms with E-state index in [1.165, 1.54) is 6.26 Å². The predicted molar refractivity (Wildman–Crippen MR) is 64.7 cm³/mol. The van der Waals surface area contributed by atoms with Crippen LogP contribution < -0.4 is 5.73 Å². The number of hydrogen-bond acceptors (Lipinski definition) is 4. The summed E-state index contributed by atoms with van der Waals surface area (Å²) in [7, 11) is 0. The van der Waals surface area contributed by atoms with Crippen molar-refractivity contribution in [1.82, 2.24) is 4.90 Å². The van der Waals surface area contributed by atoms with Gasteiger partial charge in [-0.1, -0.05) is 0 Å². The highest BCUT2D eigenvalue weighted by molar-refractivity contribution is 5.94. The normalized spacial score (nSPS) is 10.5. The van der Waals surface area contributed by atoms with Gasteiger partial charge >= 0.3 is 0 Å². The summed E-state index contributed by atoms with van der Waals surface area (Å²) < 4.78 is 10.4. The van der Waals surface area contributed by atoms with Crippen LogP contribution in [0.15, 0.2) is 16.7 Å². The molecule has 5 nitrogen and oxygen atoms in total. The molecule has 1 rings (SSSR count). The Morgan fingerprint density at radius 3 is 2.82 bits per heavy atom. The molecule has 1 heterocycles. The van der Waals surface area contributed by atoms with E-state index in [0.29, 0.717) is 44.2 Å². The molecule has 0 atom stereocenters. The maximum atomic E-state index is 12.1. The van der Waals surface area contributed by atoms with Crippen molar-refractivity contribution in [1.29, 1.82) is 0 Å². The quantitative estimate of drug-likeness (QED) is 0.728. The Kier molecular flexibility index (Phi) is 5.72. The number of hydrogen-bond donors (Lipinski definition) is 1. The van der Waals surface area contributed by atoms with Crippen molar-refractivity contribution in [2.75, 3.05) is 26.3 Å². The number of nitrogens with zero attached hydrogens (tertiary/aromatic N) is 1. The van der Waals surface area contributed by atoms with Crippen molar-refractivity contribution in [3.63, 3.8) is 0 Å². The maximum Gasteiger partial charge on any atom is 0.257 e. The van der Waals surface area contributed by atoms with E-state index in [1.807, 2.05) is 13.8 Å². The second kappa shape index (κ2) is 7.09. The molecule has 0 spiro atoms. The van der Waals surface area contributed by atoms with Gasteiger partial charge < -0.3 is 19.8 Å². The molecule has 0 aliphatic carbocycles. The second-order valence-electron chi connectivity index (χ2n) is 3.59. The Morgan fingerprint density at radius 1 is 1.53 bits per heavy atom. The van der Waals surface area contributed by atoms with Crippen LogP contribution in [0.4, 0.5) is 0 Å². The molecule has 0 aliphatic heterocycles. The minimum Gasteiger partial charge on any atom is -0.467 e. The largest absolute Gasteiger partial charge is 0.467 e. The fourth-order valence-electron chi connectivity index (χ4n) is 1.50. The third-order valence-corrected chi connectivity index (χ3v) is 2.48. The zero-order valence-corrected chi connectivity index (χ0v) is 10.4. The third kappa shape index (κ3) is 3.87. The fraction of sp³-hybridized carbons (Fsp3) is 0.583. The number of ether oxygens (including phenoxy) is 1. The molecular formula is C12H20N2O3. The number of furan rings is 1. The molecule has 2 N–H and O–H groups in total. The highest BCUT2D eigenvalue weighted by atomic mass is 16.5. The maximum absolute atomic E-state index is 12.1. The third-order valence-electron chi connectivity index (χ3n) is 2.48. The van der Waals surface area contributed by atoms with Crippen LogP contribution in [0.2, 0.25) is 0 Å². The Balaban J connectivity index is 2.58. The van der Waals surface area contributed by atoms with Gasteiger partial charge in [-0.25, -0.2) is 0 Å². The lowest BCUT2D eigenvalue weighted by Gasteiger charge is -2.19. The minimum absolute atomic E-state index is 0.0457. The van der Waals surface area contributed by atoms with Crippen LogP contribution in [0.5, 0.6) is 0 Å². The van der Waals surface area contributed by atoms with E-state index in [0.717, 1.165) is 0 Å². The number of rotatable bonds is 7. The lowest BCUT2D eigenvalue weighted by Crippen LogP contribution is -2.33. The Morgan fingerprint density at radius 2 is 2.29 bits per heavy atom. The van der Waals surface area contributed by atoms with Gasteiger partial charge in [0.25, 0.3) is 5.91 Å². The summed E-state index contributed by atoms with van der Waals surface area (Å²) in [4.78, 5) is 13.8. The lowest BCUT2D eigenvalue weighted by atomic mass is 10.2. The van der Waals surface area contributed by atoms with Crippen LogP contribution in [0.3, 0.4) is 0 Å². The lowest BCUT2D eigenvalue weighted by molar-refractivity contribution is 0.0668. The summed E-state index contributed by atoms with van der Waals surface area (Å²) in [6, 6.07) is 1.69. The highest BCUT2D eigenvalue weighted by Crippen LogP contribution is 2.10. The molecule has 96 valence electrons. The molecule has 0 saturated heterocycles. The van der Waals surface area contributed by atoms with E-state index in [9.17, 15) is 4.79 Å². The van der Waals surface area contributed by atoms with Crippen molar-refractivity contribution in [3.05, 3.63) is 23.7 Å². The molecule has 1 aromatic heterocycles. The average Bonchev–Trinajstić information content (AvgIpc) is 2.82. The van der Waals surface area contributed by atoms with Gasteiger partial charge in [0, 0.05) is 19.7 Å². The topological polar surface area (TPSA) is 68.7 Å². The highest BCUT2D eigenvalue weighted by Gasteiger charge is 2.16. The van der Waals surface area contributed by atoms with Crippen molar-refractivity contribution in [2.45, 2.75) is 20.4 Å². The van der Waals surface area contributed by atoms with Crippen molar-refractivity contribution in [2.24, 2.45) is 5.73 Å². The number of carbonyl (C=O) groups is 1. The van der Waals surface area contributed by atoms with Crippen LogP contribution >= 0.6 is 0 Å². The smallest absolute Gasteiger partial charge is 0.257 e. The molecule has 0 saturated carbocycles. The van der Waals surface area contributed by atoms with Gasteiger partial charge in [-0.05, 0) is 19.9 Å². The molecule has 0 fully saturated rings. The molecule has 0 unspecified atom stereocenters. The molecule has 17 heavy (non-hydrogen) atoms. The Hall–Kier alpha value is -1.33. The van der Waals surface area contributed by atoms with E-state index in [4.69, 9.17) is 14.9 Å². The summed E-state index contributed by atoms with van der Waals surface area (Å²) in [5, 5.41) is 0. The molecule has 0 radical (unpaired) electrons. The summed E-state index contributed by atoms with van der Waals surface area (Å²) in [6.45, 7) is 6.63. The van der Waals surface area contributed by atoms with Gasteiger partial charge in [0.05, 0.1) is 18.7 Å². The fourth-order valence-corrected chi connectivity index (χ4v) is 1.50. The van der Waals surface area contributed by atoms with Crippen molar-refractivity contribution in [3.8, 4) is 0 Å². The number of amides is 1. The van der Waals surface area contributed by atoms with Crippen LogP contribution in [0.25, 0.3) is 0 Å². The van der Waals surface area contributed by atoms with Crippen LogP contribution in [-0.2, 0) is 11.3 Å². The molecule has 1 amide bonds. The molecular weight excluding hydrogens is 220 g/mol. The van der Waals surface area contributed by atoms with E-state index >= 15 is 0 Å². The van der Waals surface area contributed by atoms with Crippen molar-refractivity contribution < 1.29 is 13.9 Å². The predicted octanol–water partition coefficient (Wildman–Crippen LogP) is 1.24. The van der Waals surface area contributed by atoms with Crippen LogP contribution in [0, 0.1) is 0 Å². The zero-order valence-electron chi connectivity index (χ0n) is 10.4. The van der Waals surface area contributed by atoms with E-state index in [1.54, 1.807) is 11.0 Å². The SMILES string of the molecule is CCOCCN(CC)C(=O)c1coc(CN)c1. The molecule has 0 bridgehead atoms. The van der Waals surface area contributed by atoms with Crippen LogP contribution in [-0.4, -0.2) is 37.1 Å². The average molecular weight is 240 g/mol. The first kappa shape index (κ1) is 13.7. The van der Waals surface area contributed by atoms with Gasteiger partial charge in [-0.15, -0.1) is 0 Å². The second-order valence-corrected chi connectivity index (χ2v) is 3.59. The summed E-state index contributed by atoms with van der Waals surface area (Å²) in [6.07, 6.45) is 1.45. The first-order chi connectivity index (χ1) is 8.22. The summed E-state index contributed by atoms with van der Waals surface area (Å²) >= 11 is 0. The van der Waals surface area contributed by atoms with Gasteiger partial charge in [-0.2, -0.15) is 0 Å². The molecule has 0 aliphatic rings. The van der Waals surface area contributed by atoms with E-state index in [2.05, 4.69) is 0 Å². The number of nitrogens with two attached hydrogens (primary N) is 1. The molecule has 5 heteroatoms. The van der Waals surface area contributed by atoms with Gasteiger partial charge in [0.1, 0.15) is 12.0 Å². The molecule has 0 aromatic carbocycles. The monoisotopic (exact) mass is 240 g/mol. The van der Waals surface area contributed by atoms with Gasteiger partial charge in [0.15, 0.2) is 0 Å². The van der Waals surface area contributed by atoms with E-state index in [-0.39, 0.29) is 5.91 Å².